The molecular weight excluding hydrogens is 298 g/mol. The van der Waals surface area contributed by atoms with Gasteiger partial charge >= 0.3 is 0 Å². The number of hydrogen-bond donors (Lipinski definition) is 1. The first-order valence-corrected chi connectivity index (χ1v) is 8.63. The van der Waals surface area contributed by atoms with Crippen LogP contribution < -0.4 is 10.1 Å². The monoisotopic (exact) mass is 325 g/mol. The molecule has 24 heavy (non-hydrogen) atoms. The van der Waals surface area contributed by atoms with Gasteiger partial charge in [0.15, 0.2) is 6.10 Å². The molecule has 1 amide bonds. The second kappa shape index (κ2) is 8.53. The van der Waals surface area contributed by atoms with Gasteiger partial charge in [-0.1, -0.05) is 69.3 Å². The summed E-state index contributed by atoms with van der Waals surface area (Å²) >= 11 is 0. The molecule has 0 aromatic heterocycles. The van der Waals surface area contributed by atoms with Gasteiger partial charge in [0.1, 0.15) is 5.75 Å². The Hall–Kier alpha value is -2.29. The van der Waals surface area contributed by atoms with Crippen LogP contribution in [-0.2, 0) is 4.79 Å². The lowest BCUT2D eigenvalue weighted by Gasteiger charge is -2.22. The molecule has 2 aromatic rings. The Labute approximate surface area is 145 Å². The smallest absolute Gasteiger partial charge is 0.261 e. The lowest BCUT2D eigenvalue weighted by atomic mass is 10.0. The summed E-state index contributed by atoms with van der Waals surface area (Å²) in [5.74, 6) is 1.04. The number of amides is 1. The van der Waals surface area contributed by atoms with Crippen LogP contribution in [0.5, 0.6) is 5.75 Å². The number of hydrogen-bond acceptors (Lipinski definition) is 2. The number of ether oxygens (including phenoxy) is 1. The van der Waals surface area contributed by atoms with E-state index in [0.717, 1.165) is 23.3 Å². The standard InChI is InChI=1S/C21H27NO2/c1-5-19(17-11-7-6-8-12-17)22-21(23)16(4)24-20-14-10-9-13-18(20)15(2)3/h6-16,19H,5H2,1-4H3,(H,22,23)/t16-,19-/m1/s1. The van der Waals surface area contributed by atoms with Crippen LogP contribution in [0.3, 0.4) is 0 Å². The van der Waals surface area contributed by atoms with Crippen LogP contribution in [0.1, 0.15) is 57.2 Å². The van der Waals surface area contributed by atoms with Crippen molar-refractivity contribution >= 4 is 5.91 Å². The molecule has 0 unspecified atom stereocenters. The van der Waals surface area contributed by atoms with Gasteiger partial charge in [-0.3, -0.25) is 4.79 Å². The molecule has 1 N–H and O–H groups in total. The van der Waals surface area contributed by atoms with Crippen molar-refractivity contribution in [2.45, 2.75) is 52.2 Å². The van der Waals surface area contributed by atoms with Gasteiger partial charge < -0.3 is 10.1 Å². The minimum absolute atomic E-state index is 0.00472. The lowest BCUT2D eigenvalue weighted by Crippen LogP contribution is -2.38. The third-order valence-corrected chi connectivity index (χ3v) is 4.14. The quantitative estimate of drug-likeness (QED) is 0.790. The van der Waals surface area contributed by atoms with E-state index >= 15 is 0 Å². The molecule has 0 saturated heterocycles. The summed E-state index contributed by atoms with van der Waals surface area (Å²) in [6, 6.07) is 17.9. The molecule has 2 rings (SSSR count). The average Bonchev–Trinajstić information content (AvgIpc) is 2.60. The van der Waals surface area contributed by atoms with Gasteiger partial charge in [-0.05, 0) is 36.5 Å². The summed E-state index contributed by atoms with van der Waals surface area (Å²) in [4.78, 5) is 12.5. The van der Waals surface area contributed by atoms with E-state index in [1.807, 2.05) is 54.6 Å². The first-order chi connectivity index (χ1) is 11.5. The van der Waals surface area contributed by atoms with E-state index in [2.05, 4.69) is 26.1 Å². The SMILES string of the molecule is CC[C@@H](NC(=O)[C@@H](C)Oc1ccccc1C(C)C)c1ccccc1. The van der Waals surface area contributed by atoms with Gasteiger partial charge in [0.2, 0.25) is 0 Å². The number of nitrogens with one attached hydrogen (secondary N) is 1. The molecule has 3 nitrogen and oxygen atoms in total. The molecule has 0 spiro atoms. The summed E-state index contributed by atoms with van der Waals surface area (Å²) in [7, 11) is 0. The molecule has 0 bridgehead atoms. The van der Waals surface area contributed by atoms with E-state index in [4.69, 9.17) is 4.74 Å². The van der Waals surface area contributed by atoms with Crippen LogP contribution in [-0.4, -0.2) is 12.0 Å². The highest BCUT2D eigenvalue weighted by atomic mass is 16.5. The Kier molecular flexibility index (Phi) is 6.42. The topological polar surface area (TPSA) is 38.3 Å². The van der Waals surface area contributed by atoms with Crippen molar-refractivity contribution in [1.82, 2.24) is 5.32 Å². The third-order valence-electron chi connectivity index (χ3n) is 4.14. The maximum absolute atomic E-state index is 12.5. The number of carbonyl (C=O) groups excluding carboxylic acids is 1. The Morgan fingerprint density at radius 2 is 1.62 bits per heavy atom. The molecule has 0 heterocycles. The molecule has 2 aromatic carbocycles. The summed E-state index contributed by atoms with van der Waals surface area (Å²) < 4.78 is 5.94. The largest absolute Gasteiger partial charge is 0.481 e. The fraction of sp³-hybridized carbons (Fsp3) is 0.381. The Morgan fingerprint density at radius 3 is 2.25 bits per heavy atom. The Bertz CT molecular complexity index is 652. The van der Waals surface area contributed by atoms with Crippen LogP contribution >= 0.6 is 0 Å². The Balaban J connectivity index is 2.04. The number of para-hydroxylation sites is 1. The highest BCUT2D eigenvalue weighted by molar-refractivity contribution is 5.81. The van der Waals surface area contributed by atoms with Crippen molar-refractivity contribution in [1.29, 1.82) is 0 Å². The minimum atomic E-state index is -0.539. The molecule has 0 aliphatic rings. The molecule has 0 aliphatic heterocycles. The van der Waals surface area contributed by atoms with E-state index in [0.29, 0.717) is 5.92 Å². The van der Waals surface area contributed by atoms with Crippen LogP contribution in [0.15, 0.2) is 54.6 Å². The molecule has 0 fully saturated rings. The predicted molar refractivity (Wildman–Crippen MR) is 98.2 cm³/mol. The van der Waals surface area contributed by atoms with Crippen molar-refractivity contribution in [3.8, 4) is 5.75 Å². The summed E-state index contributed by atoms with van der Waals surface area (Å²) in [6.07, 6.45) is 0.299. The first kappa shape index (κ1) is 18.1. The number of carbonyl (C=O) groups is 1. The van der Waals surface area contributed by atoms with Gasteiger partial charge in [0.25, 0.3) is 5.91 Å². The first-order valence-electron chi connectivity index (χ1n) is 8.63. The van der Waals surface area contributed by atoms with Crippen LogP contribution in [0.2, 0.25) is 0 Å². The highest BCUT2D eigenvalue weighted by Crippen LogP contribution is 2.27. The van der Waals surface area contributed by atoms with Crippen molar-refractivity contribution in [2.75, 3.05) is 0 Å². The zero-order chi connectivity index (χ0) is 17.5. The maximum atomic E-state index is 12.5. The fourth-order valence-electron chi connectivity index (χ4n) is 2.70. The minimum Gasteiger partial charge on any atom is -0.481 e. The average molecular weight is 325 g/mol. The van der Waals surface area contributed by atoms with E-state index in [1.165, 1.54) is 0 Å². The molecule has 3 heteroatoms. The summed E-state index contributed by atoms with van der Waals surface area (Å²) in [5, 5.41) is 3.09. The zero-order valence-electron chi connectivity index (χ0n) is 15.0. The van der Waals surface area contributed by atoms with Crippen LogP contribution in [0.25, 0.3) is 0 Å². The summed E-state index contributed by atoms with van der Waals surface area (Å²) in [5.41, 5.74) is 2.23. The van der Waals surface area contributed by atoms with Crippen LogP contribution in [0, 0.1) is 0 Å². The predicted octanol–water partition coefficient (Wildman–Crippen LogP) is 4.84. The lowest BCUT2D eigenvalue weighted by molar-refractivity contribution is -0.128. The van der Waals surface area contributed by atoms with Gasteiger partial charge in [0, 0.05) is 0 Å². The van der Waals surface area contributed by atoms with Crippen molar-refractivity contribution in [2.24, 2.45) is 0 Å². The highest BCUT2D eigenvalue weighted by Gasteiger charge is 2.20. The molecule has 0 radical (unpaired) electrons. The second-order valence-electron chi connectivity index (χ2n) is 6.33. The maximum Gasteiger partial charge on any atom is 0.261 e. The van der Waals surface area contributed by atoms with Gasteiger partial charge in [-0.2, -0.15) is 0 Å². The molecule has 2 atom stereocenters. The molecular formula is C21H27NO2. The van der Waals surface area contributed by atoms with Gasteiger partial charge in [-0.25, -0.2) is 0 Å². The molecule has 0 saturated carbocycles. The number of benzene rings is 2. The van der Waals surface area contributed by atoms with Crippen molar-refractivity contribution in [3.05, 3.63) is 65.7 Å². The van der Waals surface area contributed by atoms with E-state index < -0.39 is 6.10 Å². The van der Waals surface area contributed by atoms with Gasteiger partial charge in [0.05, 0.1) is 6.04 Å². The fourth-order valence-corrected chi connectivity index (χ4v) is 2.70. The Morgan fingerprint density at radius 1 is 1.00 bits per heavy atom. The second-order valence-corrected chi connectivity index (χ2v) is 6.33. The molecule has 0 aliphatic carbocycles. The third kappa shape index (κ3) is 4.60. The van der Waals surface area contributed by atoms with E-state index in [1.54, 1.807) is 6.92 Å². The number of rotatable bonds is 7. The van der Waals surface area contributed by atoms with E-state index in [9.17, 15) is 4.79 Å². The van der Waals surface area contributed by atoms with Crippen LogP contribution in [0.4, 0.5) is 0 Å². The normalized spacial score (nSPS) is 13.4. The summed E-state index contributed by atoms with van der Waals surface area (Å²) in [6.45, 7) is 8.10. The molecule has 128 valence electrons. The van der Waals surface area contributed by atoms with E-state index in [-0.39, 0.29) is 11.9 Å². The van der Waals surface area contributed by atoms with Gasteiger partial charge in [-0.15, -0.1) is 0 Å². The zero-order valence-corrected chi connectivity index (χ0v) is 15.0. The van der Waals surface area contributed by atoms with Crippen molar-refractivity contribution < 1.29 is 9.53 Å². The van der Waals surface area contributed by atoms with Crippen molar-refractivity contribution in [3.63, 3.8) is 0 Å².